The highest BCUT2D eigenvalue weighted by Gasteiger charge is 2.29. The van der Waals surface area contributed by atoms with E-state index in [2.05, 4.69) is 49.5 Å². The van der Waals surface area contributed by atoms with E-state index in [9.17, 15) is 9.59 Å². The Balaban J connectivity index is 0.000000221. The number of ether oxygens (including phenoxy) is 6. The first-order valence-electron chi connectivity index (χ1n) is 20.1. The fraction of sp³-hybridized carbons (Fsp3) is 0.524. The van der Waals surface area contributed by atoms with E-state index in [1.54, 1.807) is 53.7 Å². The lowest BCUT2D eigenvalue weighted by Crippen LogP contribution is -2.22. The van der Waals surface area contributed by atoms with Crippen molar-refractivity contribution in [2.45, 2.75) is 117 Å². The Morgan fingerprint density at radius 1 is 0.724 bits per heavy atom. The first kappa shape index (κ1) is 45.4. The van der Waals surface area contributed by atoms with E-state index in [1.807, 2.05) is 12.1 Å². The van der Waals surface area contributed by atoms with Gasteiger partial charge in [0.1, 0.15) is 41.8 Å². The highest BCUT2D eigenvalue weighted by Crippen LogP contribution is 2.39. The average molecular weight is 874 g/mol. The van der Waals surface area contributed by atoms with Gasteiger partial charge in [0.2, 0.25) is 0 Å². The molecule has 12 nitrogen and oxygen atoms in total. The minimum absolute atomic E-state index is 0.213. The Bertz CT molecular complexity index is 1990. The number of benzene rings is 2. The van der Waals surface area contributed by atoms with Gasteiger partial charge in [-0.15, -0.1) is 0 Å². The lowest BCUT2D eigenvalue weighted by molar-refractivity contribution is 0.0516. The zero-order chi connectivity index (χ0) is 42.0. The van der Waals surface area contributed by atoms with E-state index in [0.29, 0.717) is 62.8 Å². The van der Waals surface area contributed by atoms with Crippen LogP contribution in [-0.4, -0.2) is 86.3 Å². The molecule has 16 heteroatoms. The normalized spacial score (nSPS) is 14.1. The van der Waals surface area contributed by atoms with Crippen LogP contribution in [0.2, 0.25) is 61.4 Å². The Labute approximate surface area is 354 Å². The number of carbonyl (C=O) groups excluding carboxylic acids is 2. The summed E-state index contributed by atoms with van der Waals surface area (Å²) in [7, 11) is -2.36. The number of nitrogens with zero attached hydrogens (tertiary/aromatic N) is 4. The van der Waals surface area contributed by atoms with E-state index >= 15 is 0 Å². The largest absolute Gasteiger partial charge is 0.490 e. The van der Waals surface area contributed by atoms with Crippen molar-refractivity contribution in [3.8, 4) is 34.0 Å². The molecule has 2 aromatic carbocycles. The fourth-order valence-corrected chi connectivity index (χ4v) is 7.40. The predicted octanol–water partition coefficient (Wildman–Crippen LogP) is 10.5. The van der Waals surface area contributed by atoms with Crippen molar-refractivity contribution in [3.63, 3.8) is 0 Å². The molecule has 0 atom stereocenters. The zero-order valence-corrected chi connectivity index (χ0v) is 38.6. The molecule has 2 aliphatic rings. The number of esters is 2. The van der Waals surface area contributed by atoms with Crippen molar-refractivity contribution < 1.29 is 38.0 Å². The molecule has 0 N–H and O–H groups in total. The molecule has 0 unspecified atom stereocenters. The molecule has 6 rings (SSSR count). The van der Waals surface area contributed by atoms with Crippen LogP contribution in [0.3, 0.4) is 0 Å². The van der Waals surface area contributed by atoms with Crippen molar-refractivity contribution in [1.29, 1.82) is 0 Å². The van der Waals surface area contributed by atoms with Gasteiger partial charge in [-0.25, -0.2) is 19.0 Å². The summed E-state index contributed by atoms with van der Waals surface area (Å²) in [4.78, 5) is 25.1. The maximum absolute atomic E-state index is 12.6. The van der Waals surface area contributed by atoms with Gasteiger partial charge >= 0.3 is 11.9 Å². The van der Waals surface area contributed by atoms with Crippen molar-refractivity contribution >= 4 is 51.3 Å². The molecule has 58 heavy (non-hydrogen) atoms. The van der Waals surface area contributed by atoms with Gasteiger partial charge in [0.15, 0.2) is 0 Å². The molecular weight excluding hydrogens is 816 g/mol. The maximum atomic E-state index is 12.6. The quantitative estimate of drug-likeness (QED) is 0.0481. The van der Waals surface area contributed by atoms with E-state index in [4.69, 9.17) is 51.6 Å². The highest BCUT2D eigenvalue weighted by atomic mass is 35.5. The number of aromatic nitrogens is 4. The smallest absolute Gasteiger partial charge is 0.341 e. The van der Waals surface area contributed by atoms with Gasteiger partial charge in [-0.1, -0.05) is 62.5 Å². The molecule has 4 aromatic rings. The molecule has 0 bridgehead atoms. The minimum atomic E-state index is -1.19. The summed E-state index contributed by atoms with van der Waals surface area (Å²) in [6.45, 7) is 19.8. The second-order valence-corrected chi connectivity index (χ2v) is 29.0. The first-order chi connectivity index (χ1) is 27.5. The predicted molar refractivity (Wildman–Crippen MR) is 233 cm³/mol. The van der Waals surface area contributed by atoms with Crippen LogP contribution in [0.1, 0.15) is 60.2 Å². The first-order valence-corrected chi connectivity index (χ1v) is 28.3. The molecule has 0 aliphatic heterocycles. The van der Waals surface area contributed by atoms with Crippen LogP contribution < -0.4 is 9.47 Å². The number of hydrogen-bond donors (Lipinski definition) is 0. The summed E-state index contributed by atoms with van der Waals surface area (Å²) in [6, 6.07) is 12.9. The second kappa shape index (κ2) is 20.5. The van der Waals surface area contributed by atoms with Crippen LogP contribution in [0.25, 0.3) is 22.5 Å². The molecule has 0 spiro atoms. The Hall–Kier alpha value is -3.67. The molecule has 2 fully saturated rings. The van der Waals surface area contributed by atoms with Crippen molar-refractivity contribution in [3.05, 3.63) is 70.0 Å². The van der Waals surface area contributed by atoms with Gasteiger partial charge < -0.3 is 28.4 Å². The van der Waals surface area contributed by atoms with Gasteiger partial charge in [-0.2, -0.15) is 10.2 Å². The van der Waals surface area contributed by atoms with E-state index in [0.717, 1.165) is 43.3 Å². The Morgan fingerprint density at radius 3 is 1.74 bits per heavy atom. The minimum Gasteiger partial charge on any atom is -0.490 e. The summed E-state index contributed by atoms with van der Waals surface area (Å²) in [5, 5.41) is 10.1. The summed E-state index contributed by atoms with van der Waals surface area (Å²) >= 11 is 12.5. The van der Waals surface area contributed by atoms with E-state index in [-0.39, 0.29) is 38.9 Å². The van der Waals surface area contributed by atoms with Crippen LogP contribution in [0, 0.1) is 0 Å². The fourth-order valence-electron chi connectivity index (χ4n) is 5.55. The van der Waals surface area contributed by atoms with Crippen LogP contribution in [0.4, 0.5) is 0 Å². The number of hydrogen-bond acceptors (Lipinski definition) is 10. The summed E-state index contributed by atoms with van der Waals surface area (Å²) in [5.41, 5.74) is 3.27. The van der Waals surface area contributed by atoms with Gasteiger partial charge in [0.25, 0.3) is 0 Å². The second-order valence-electron chi connectivity index (χ2n) is 16.9. The summed E-state index contributed by atoms with van der Waals surface area (Å²) < 4.78 is 37.6. The van der Waals surface area contributed by atoms with Gasteiger partial charge in [-0.05, 0) is 88.0 Å². The summed E-state index contributed by atoms with van der Waals surface area (Å²) in [6.07, 6.45) is 7.76. The number of carbonyl (C=O) groups is 2. The standard InChI is InChI=1S/2C21H29ClN2O4Si/c1-5-27-21(25)18-13-24(14-26-10-11-29(2,3)4)23-20(18)17-12-15(22)6-9-19(17)28-16-7-8-16;1-5-27-21(25)18-13-23-24(14-26-10-11-29(2,3)4)20(18)17-12-15(22)6-9-19(17)28-16-7-8-16/h2*6,9,12-13,16H,5,7-8,10-11,14H2,1-4H3. The molecule has 2 aliphatic carbocycles. The topological polar surface area (TPSA) is 125 Å². The molecule has 316 valence electrons. The SMILES string of the molecule is CCOC(=O)c1cn(COCC[Si](C)(C)C)nc1-c1cc(Cl)ccc1OC1CC1.CCOC(=O)c1cnn(COCC[Si](C)(C)C)c1-c1cc(Cl)ccc1OC1CC1. The lowest BCUT2D eigenvalue weighted by Gasteiger charge is -2.17. The molecule has 0 amide bonds. The van der Waals surface area contributed by atoms with Crippen LogP contribution in [0.15, 0.2) is 48.8 Å². The third-order valence-electron chi connectivity index (χ3n) is 9.05. The average Bonchev–Trinajstić information content (AvgIpc) is 4.07. The Kier molecular flexibility index (Phi) is 16.1. The van der Waals surface area contributed by atoms with Gasteiger partial charge in [-0.3, -0.25) is 0 Å². The molecule has 2 heterocycles. The molecule has 0 radical (unpaired) electrons. The van der Waals surface area contributed by atoms with Crippen molar-refractivity contribution in [1.82, 2.24) is 19.6 Å². The highest BCUT2D eigenvalue weighted by molar-refractivity contribution is 6.76. The van der Waals surface area contributed by atoms with E-state index < -0.39 is 28.1 Å². The summed E-state index contributed by atoms with van der Waals surface area (Å²) in [5.74, 6) is 0.514. The molecule has 2 saturated carbocycles. The van der Waals surface area contributed by atoms with Crippen LogP contribution in [0.5, 0.6) is 11.5 Å². The monoisotopic (exact) mass is 872 g/mol. The van der Waals surface area contributed by atoms with Crippen molar-refractivity contribution in [2.75, 3.05) is 26.4 Å². The van der Waals surface area contributed by atoms with Gasteiger partial charge in [0.05, 0.1) is 37.3 Å². The number of halogens is 2. The third kappa shape index (κ3) is 14.0. The van der Waals surface area contributed by atoms with Crippen LogP contribution >= 0.6 is 23.2 Å². The third-order valence-corrected chi connectivity index (χ3v) is 12.9. The van der Waals surface area contributed by atoms with Gasteiger partial charge in [0, 0.05) is 56.7 Å². The Morgan fingerprint density at radius 2 is 1.22 bits per heavy atom. The van der Waals surface area contributed by atoms with E-state index in [1.165, 1.54) is 6.20 Å². The molecule has 2 aromatic heterocycles. The number of rotatable bonds is 20. The van der Waals surface area contributed by atoms with Crippen LogP contribution in [-0.2, 0) is 32.4 Å². The van der Waals surface area contributed by atoms with Crippen molar-refractivity contribution in [2.24, 2.45) is 0 Å². The lowest BCUT2D eigenvalue weighted by atomic mass is 10.1. The maximum Gasteiger partial charge on any atom is 0.341 e. The zero-order valence-electron chi connectivity index (χ0n) is 35.1. The molecule has 0 saturated heterocycles. The molecular formula is C42H58Cl2N4O8Si2.